The first-order chi connectivity index (χ1) is 10.2. The van der Waals surface area contributed by atoms with Crippen molar-refractivity contribution in [2.75, 3.05) is 19.6 Å². The van der Waals surface area contributed by atoms with Gasteiger partial charge in [-0.1, -0.05) is 50.1 Å². The molecule has 0 saturated carbocycles. The first kappa shape index (κ1) is 16.5. The van der Waals surface area contributed by atoms with Gasteiger partial charge in [-0.25, -0.2) is 0 Å². The van der Waals surface area contributed by atoms with Crippen LogP contribution in [0.5, 0.6) is 0 Å². The van der Waals surface area contributed by atoms with Crippen molar-refractivity contribution in [3.63, 3.8) is 0 Å². The number of hydrogen-bond acceptors (Lipinski definition) is 2. The zero-order chi connectivity index (χ0) is 15.1. The Hall–Kier alpha value is -0.860. The highest BCUT2D eigenvalue weighted by molar-refractivity contribution is 5.24. The third kappa shape index (κ3) is 4.82. The second kappa shape index (κ2) is 8.55. The molecule has 0 aliphatic carbocycles. The van der Waals surface area contributed by atoms with Crippen molar-refractivity contribution in [1.29, 1.82) is 0 Å². The summed E-state index contributed by atoms with van der Waals surface area (Å²) in [5.74, 6) is 0. The molecular formula is C19H32N2. The van der Waals surface area contributed by atoms with E-state index in [0.29, 0.717) is 6.04 Å². The minimum Gasteiger partial charge on any atom is -0.310 e. The third-order valence-electron chi connectivity index (χ3n) is 4.86. The fourth-order valence-corrected chi connectivity index (χ4v) is 3.54. The molecule has 0 bridgehead atoms. The summed E-state index contributed by atoms with van der Waals surface area (Å²) < 4.78 is 0. The predicted molar refractivity (Wildman–Crippen MR) is 91.7 cm³/mol. The fourth-order valence-electron chi connectivity index (χ4n) is 3.54. The van der Waals surface area contributed by atoms with Gasteiger partial charge in [0.05, 0.1) is 0 Å². The van der Waals surface area contributed by atoms with Crippen LogP contribution in [0.25, 0.3) is 0 Å². The van der Waals surface area contributed by atoms with Crippen molar-refractivity contribution in [3.8, 4) is 0 Å². The van der Waals surface area contributed by atoms with Gasteiger partial charge < -0.3 is 10.2 Å². The van der Waals surface area contributed by atoms with Crippen LogP contribution in [0.4, 0.5) is 0 Å². The lowest BCUT2D eigenvalue weighted by molar-refractivity contribution is 0.137. The minimum atomic E-state index is 0.495. The van der Waals surface area contributed by atoms with Crippen LogP contribution in [0.15, 0.2) is 24.3 Å². The first-order valence-corrected chi connectivity index (χ1v) is 8.78. The highest BCUT2D eigenvalue weighted by Gasteiger charge is 2.21. The van der Waals surface area contributed by atoms with Crippen molar-refractivity contribution < 1.29 is 0 Å². The highest BCUT2D eigenvalue weighted by atomic mass is 15.2. The van der Waals surface area contributed by atoms with Crippen LogP contribution in [-0.2, 0) is 0 Å². The van der Waals surface area contributed by atoms with Crippen LogP contribution in [0, 0.1) is 6.92 Å². The van der Waals surface area contributed by atoms with Crippen molar-refractivity contribution >= 4 is 0 Å². The van der Waals surface area contributed by atoms with Crippen molar-refractivity contribution in [1.82, 2.24) is 10.2 Å². The smallest absolute Gasteiger partial charge is 0.0332 e. The molecule has 2 atom stereocenters. The van der Waals surface area contributed by atoms with Crippen LogP contribution in [0.1, 0.15) is 63.1 Å². The molecule has 1 saturated heterocycles. The molecule has 1 aliphatic heterocycles. The van der Waals surface area contributed by atoms with Gasteiger partial charge in [0.15, 0.2) is 0 Å². The SMILES string of the molecule is CCNC(CCN1CCCCC1CC)c1ccc(C)cc1. The Morgan fingerprint density at radius 1 is 1.19 bits per heavy atom. The topological polar surface area (TPSA) is 15.3 Å². The Bertz CT molecular complexity index is 399. The summed E-state index contributed by atoms with van der Waals surface area (Å²) in [5, 5.41) is 3.66. The molecule has 118 valence electrons. The molecule has 2 rings (SSSR count). The molecule has 1 aliphatic rings. The maximum absolute atomic E-state index is 3.66. The monoisotopic (exact) mass is 288 g/mol. The zero-order valence-corrected chi connectivity index (χ0v) is 14.1. The lowest BCUT2D eigenvalue weighted by atomic mass is 9.97. The molecule has 0 amide bonds. The Balaban J connectivity index is 1.94. The lowest BCUT2D eigenvalue weighted by Crippen LogP contribution is -2.40. The van der Waals surface area contributed by atoms with Crippen molar-refractivity contribution in [2.24, 2.45) is 0 Å². The second-order valence-electron chi connectivity index (χ2n) is 6.40. The van der Waals surface area contributed by atoms with Gasteiger partial charge in [-0.3, -0.25) is 0 Å². The average Bonchev–Trinajstić information content (AvgIpc) is 2.52. The van der Waals surface area contributed by atoms with Gasteiger partial charge in [0.2, 0.25) is 0 Å². The number of benzene rings is 1. The van der Waals surface area contributed by atoms with Gasteiger partial charge in [0, 0.05) is 18.6 Å². The number of rotatable bonds is 7. The van der Waals surface area contributed by atoms with Crippen molar-refractivity contribution in [3.05, 3.63) is 35.4 Å². The summed E-state index contributed by atoms with van der Waals surface area (Å²) in [6.07, 6.45) is 6.72. The Labute approximate surface area is 130 Å². The van der Waals surface area contributed by atoms with E-state index in [4.69, 9.17) is 0 Å². The van der Waals surface area contributed by atoms with Gasteiger partial charge in [-0.2, -0.15) is 0 Å². The summed E-state index contributed by atoms with van der Waals surface area (Å²) in [6.45, 7) is 10.3. The maximum Gasteiger partial charge on any atom is 0.0332 e. The van der Waals surface area contributed by atoms with Crippen LogP contribution in [0.2, 0.25) is 0 Å². The van der Waals surface area contributed by atoms with E-state index in [1.807, 2.05) is 0 Å². The van der Waals surface area contributed by atoms with Crippen molar-refractivity contribution in [2.45, 2.75) is 65.0 Å². The largest absolute Gasteiger partial charge is 0.310 e. The molecule has 1 aromatic carbocycles. The first-order valence-electron chi connectivity index (χ1n) is 8.78. The number of piperidine rings is 1. The number of hydrogen-bond donors (Lipinski definition) is 1. The van der Waals surface area contributed by atoms with Crippen LogP contribution >= 0.6 is 0 Å². The quantitative estimate of drug-likeness (QED) is 0.804. The number of aryl methyl sites for hydroxylation is 1. The molecule has 2 unspecified atom stereocenters. The predicted octanol–water partition coefficient (Wildman–Crippen LogP) is 4.30. The van der Waals surface area contributed by atoms with E-state index >= 15 is 0 Å². The van der Waals surface area contributed by atoms with Gasteiger partial charge >= 0.3 is 0 Å². The van der Waals surface area contributed by atoms with Crippen LogP contribution in [0.3, 0.4) is 0 Å². The summed E-state index contributed by atoms with van der Waals surface area (Å²) >= 11 is 0. The van der Waals surface area contributed by atoms with Gasteiger partial charge in [-0.05, 0) is 51.3 Å². The molecule has 1 heterocycles. The Morgan fingerprint density at radius 2 is 1.95 bits per heavy atom. The van der Waals surface area contributed by atoms with Gasteiger partial charge in [-0.15, -0.1) is 0 Å². The molecule has 0 aromatic heterocycles. The summed E-state index contributed by atoms with van der Waals surface area (Å²) in [5.41, 5.74) is 2.78. The third-order valence-corrected chi connectivity index (χ3v) is 4.86. The normalized spacial score (nSPS) is 21.4. The summed E-state index contributed by atoms with van der Waals surface area (Å²) in [7, 11) is 0. The molecular weight excluding hydrogens is 256 g/mol. The minimum absolute atomic E-state index is 0.495. The summed E-state index contributed by atoms with van der Waals surface area (Å²) in [6, 6.07) is 10.4. The van der Waals surface area contributed by atoms with E-state index in [1.165, 1.54) is 56.3 Å². The molecule has 1 aromatic rings. The van der Waals surface area contributed by atoms with Crippen LogP contribution < -0.4 is 5.32 Å². The molecule has 1 fully saturated rings. The lowest BCUT2D eigenvalue weighted by Gasteiger charge is -2.36. The fraction of sp³-hybridized carbons (Fsp3) is 0.684. The summed E-state index contributed by atoms with van der Waals surface area (Å²) in [4.78, 5) is 2.72. The Morgan fingerprint density at radius 3 is 2.62 bits per heavy atom. The number of nitrogens with zero attached hydrogens (tertiary/aromatic N) is 1. The van der Waals surface area contributed by atoms with E-state index in [9.17, 15) is 0 Å². The zero-order valence-electron chi connectivity index (χ0n) is 14.1. The van der Waals surface area contributed by atoms with Gasteiger partial charge in [0.1, 0.15) is 0 Å². The molecule has 0 spiro atoms. The number of likely N-dealkylation sites (tertiary alicyclic amines) is 1. The van der Waals surface area contributed by atoms with E-state index in [2.05, 4.69) is 55.3 Å². The van der Waals surface area contributed by atoms with Gasteiger partial charge in [0.25, 0.3) is 0 Å². The number of nitrogens with one attached hydrogen (secondary N) is 1. The van der Waals surface area contributed by atoms with E-state index < -0.39 is 0 Å². The highest BCUT2D eigenvalue weighted by Crippen LogP contribution is 2.23. The standard InChI is InChI=1S/C19H32N2/c1-4-18-8-6-7-14-21(18)15-13-19(20-5-2)17-11-9-16(3)10-12-17/h9-12,18-20H,4-8,13-15H2,1-3H3. The molecule has 0 radical (unpaired) electrons. The Kier molecular flexibility index (Phi) is 6.72. The van der Waals surface area contributed by atoms with E-state index in [1.54, 1.807) is 0 Å². The average molecular weight is 288 g/mol. The second-order valence-corrected chi connectivity index (χ2v) is 6.40. The van der Waals surface area contributed by atoms with E-state index in [-0.39, 0.29) is 0 Å². The molecule has 2 nitrogen and oxygen atoms in total. The molecule has 2 heteroatoms. The maximum atomic E-state index is 3.66. The van der Waals surface area contributed by atoms with Crippen LogP contribution in [-0.4, -0.2) is 30.6 Å². The van der Waals surface area contributed by atoms with E-state index in [0.717, 1.165) is 12.6 Å². The molecule has 1 N–H and O–H groups in total. The molecule has 21 heavy (non-hydrogen) atoms.